The summed E-state index contributed by atoms with van der Waals surface area (Å²) in [5.41, 5.74) is 1.63. The smallest absolute Gasteiger partial charge is 0.270 e. The van der Waals surface area contributed by atoms with Gasteiger partial charge in [-0.15, -0.1) is 0 Å². The van der Waals surface area contributed by atoms with Crippen LogP contribution >= 0.6 is 0 Å². The van der Waals surface area contributed by atoms with Crippen LogP contribution in [0.4, 0.5) is 5.69 Å². The molecular formula is C20H19N5O4. The van der Waals surface area contributed by atoms with Crippen molar-refractivity contribution >= 4 is 17.5 Å². The van der Waals surface area contributed by atoms with Gasteiger partial charge in [0.05, 0.1) is 16.8 Å². The highest BCUT2D eigenvalue weighted by Gasteiger charge is 2.18. The molecule has 2 N–H and O–H groups in total. The second kappa shape index (κ2) is 8.79. The Kier molecular flexibility index (Phi) is 5.98. The molecule has 9 nitrogen and oxygen atoms in total. The Balaban J connectivity index is 1.54. The Labute approximate surface area is 166 Å². The number of hydrogen-bond acceptors (Lipinski definition) is 5. The van der Waals surface area contributed by atoms with E-state index >= 15 is 0 Å². The summed E-state index contributed by atoms with van der Waals surface area (Å²) in [7, 11) is 0. The summed E-state index contributed by atoms with van der Waals surface area (Å²) < 4.78 is 1.70. The normalized spacial score (nSPS) is 11.5. The average molecular weight is 393 g/mol. The summed E-state index contributed by atoms with van der Waals surface area (Å²) in [4.78, 5) is 34.8. The second-order valence-corrected chi connectivity index (χ2v) is 6.35. The molecule has 29 heavy (non-hydrogen) atoms. The third-order valence-corrected chi connectivity index (χ3v) is 4.18. The van der Waals surface area contributed by atoms with Crippen molar-refractivity contribution in [2.24, 2.45) is 0 Å². The van der Waals surface area contributed by atoms with Gasteiger partial charge in [-0.3, -0.25) is 19.7 Å². The van der Waals surface area contributed by atoms with Crippen molar-refractivity contribution < 1.29 is 14.5 Å². The number of nitrogens with one attached hydrogen (secondary N) is 2. The Hall–Kier alpha value is -4.01. The number of amides is 2. The minimum absolute atomic E-state index is 0.114. The molecule has 3 aromatic rings. The first kappa shape index (κ1) is 19.7. The van der Waals surface area contributed by atoms with Crippen LogP contribution in [0.3, 0.4) is 0 Å². The number of para-hydroxylation sites is 1. The van der Waals surface area contributed by atoms with E-state index < -0.39 is 16.9 Å². The molecule has 0 bridgehead atoms. The maximum atomic E-state index is 12.3. The summed E-state index contributed by atoms with van der Waals surface area (Å²) in [6.07, 6.45) is 3.46. The lowest BCUT2D eigenvalue weighted by Gasteiger charge is -2.13. The lowest BCUT2D eigenvalue weighted by atomic mass is 10.1. The monoisotopic (exact) mass is 393 g/mol. The highest BCUT2D eigenvalue weighted by atomic mass is 16.6. The van der Waals surface area contributed by atoms with Crippen molar-refractivity contribution in [2.75, 3.05) is 0 Å². The van der Waals surface area contributed by atoms with E-state index in [4.69, 9.17) is 0 Å². The van der Waals surface area contributed by atoms with Gasteiger partial charge in [-0.2, -0.15) is 5.10 Å². The third kappa shape index (κ3) is 5.04. The van der Waals surface area contributed by atoms with Crippen LogP contribution in [0.15, 0.2) is 67.0 Å². The number of carbonyl (C=O) groups excluding carboxylic acids is 2. The molecule has 0 aliphatic carbocycles. The molecule has 0 aliphatic heterocycles. The zero-order chi connectivity index (χ0) is 20.8. The zero-order valence-electron chi connectivity index (χ0n) is 15.6. The fourth-order valence-corrected chi connectivity index (χ4v) is 2.62. The number of nitro groups is 1. The van der Waals surface area contributed by atoms with E-state index in [-0.39, 0.29) is 23.7 Å². The molecule has 2 aromatic carbocycles. The maximum Gasteiger partial charge on any atom is 0.270 e. The predicted octanol–water partition coefficient (Wildman–Crippen LogP) is 2.22. The summed E-state index contributed by atoms with van der Waals surface area (Å²) in [5.74, 6) is -0.940. The Morgan fingerprint density at radius 1 is 1.17 bits per heavy atom. The van der Waals surface area contributed by atoms with E-state index in [1.54, 1.807) is 10.9 Å². The third-order valence-electron chi connectivity index (χ3n) is 4.18. The van der Waals surface area contributed by atoms with Crippen LogP contribution in [-0.2, 0) is 11.3 Å². The highest BCUT2D eigenvalue weighted by molar-refractivity contribution is 5.97. The van der Waals surface area contributed by atoms with Gasteiger partial charge in [0.2, 0.25) is 5.91 Å². The van der Waals surface area contributed by atoms with E-state index in [2.05, 4.69) is 15.7 Å². The molecule has 0 spiro atoms. The van der Waals surface area contributed by atoms with Gasteiger partial charge in [0, 0.05) is 36.0 Å². The molecule has 0 saturated heterocycles. The number of carbonyl (C=O) groups is 2. The van der Waals surface area contributed by atoms with Crippen LogP contribution in [0.1, 0.15) is 22.8 Å². The van der Waals surface area contributed by atoms with Crippen LogP contribution in [0.5, 0.6) is 0 Å². The Bertz CT molecular complexity index is 1030. The van der Waals surface area contributed by atoms with Crippen molar-refractivity contribution in [1.29, 1.82) is 0 Å². The van der Waals surface area contributed by atoms with E-state index in [0.29, 0.717) is 0 Å². The number of rotatable bonds is 7. The minimum Gasteiger partial charge on any atom is -0.350 e. The molecule has 3 rings (SSSR count). The number of aromatic nitrogens is 2. The lowest BCUT2D eigenvalue weighted by Crippen LogP contribution is -2.44. The number of benzene rings is 2. The van der Waals surface area contributed by atoms with E-state index in [9.17, 15) is 19.7 Å². The quantitative estimate of drug-likeness (QED) is 0.471. The molecule has 1 aromatic heterocycles. The fraction of sp³-hybridized carbons (Fsp3) is 0.150. The number of non-ortho nitro benzene ring substituents is 1. The van der Waals surface area contributed by atoms with Gasteiger partial charge in [0.15, 0.2) is 0 Å². The Morgan fingerprint density at radius 3 is 2.66 bits per heavy atom. The second-order valence-electron chi connectivity index (χ2n) is 6.35. The largest absolute Gasteiger partial charge is 0.350 e. The van der Waals surface area contributed by atoms with E-state index in [1.807, 2.05) is 36.5 Å². The van der Waals surface area contributed by atoms with Gasteiger partial charge >= 0.3 is 0 Å². The van der Waals surface area contributed by atoms with Gasteiger partial charge in [-0.25, -0.2) is 4.68 Å². The number of nitro benzene ring substituents is 1. The van der Waals surface area contributed by atoms with Crippen LogP contribution in [0.25, 0.3) is 5.69 Å². The molecule has 9 heteroatoms. The summed E-state index contributed by atoms with van der Waals surface area (Å²) >= 11 is 0. The van der Waals surface area contributed by atoms with Crippen LogP contribution in [0.2, 0.25) is 0 Å². The molecular weight excluding hydrogens is 374 g/mol. The molecule has 0 aliphatic rings. The van der Waals surface area contributed by atoms with Gasteiger partial charge in [-0.1, -0.05) is 24.3 Å². The molecule has 2 amide bonds. The van der Waals surface area contributed by atoms with Crippen LogP contribution < -0.4 is 10.6 Å². The molecule has 148 valence electrons. The van der Waals surface area contributed by atoms with E-state index in [0.717, 1.165) is 17.3 Å². The van der Waals surface area contributed by atoms with Gasteiger partial charge in [0.1, 0.15) is 6.04 Å². The summed E-state index contributed by atoms with van der Waals surface area (Å²) in [6, 6.07) is 14.1. The maximum absolute atomic E-state index is 12.3. The molecule has 1 atom stereocenters. The highest BCUT2D eigenvalue weighted by Crippen LogP contribution is 2.13. The average Bonchev–Trinajstić information content (AvgIpc) is 3.21. The number of nitrogens with zero attached hydrogens (tertiary/aromatic N) is 3. The topological polar surface area (TPSA) is 119 Å². The summed E-state index contributed by atoms with van der Waals surface area (Å²) in [6.45, 7) is 1.79. The number of hydrogen-bond donors (Lipinski definition) is 2. The first-order valence-corrected chi connectivity index (χ1v) is 8.86. The zero-order valence-corrected chi connectivity index (χ0v) is 15.6. The standard InChI is InChI=1S/C20H19N5O4/c1-14(23-20(27)16-6-5-9-18(10-16)25(28)29)19(26)21-11-15-12-22-24(13-15)17-7-3-2-4-8-17/h2-10,12-14H,11H2,1H3,(H,21,26)(H,23,27)/t14-/m1/s1. The van der Waals surface area contributed by atoms with Crippen molar-refractivity contribution in [1.82, 2.24) is 20.4 Å². The molecule has 0 unspecified atom stereocenters. The van der Waals surface area contributed by atoms with Gasteiger partial charge < -0.3 is 10.6 Å². The fourth-order valence-electron chi connectivity index (χ4n) is 2.62. The Morgan fingerprint density at radius 2 is 1.93 bits per heavy atom. The van der Waals surface area contributed by atoms with Crippen molar-refractivity contribution in [2.45, 2.75) is 19.5 Å². The lowest BCUT2D eigenvalue weighted by molar-refractivity contribution is -0.384. The van der Waals surface area contributed by atoms with E-state index in [1.165, 1.54) is 25.1 Å². The van der Waals surface area contributed by atoms with Gasteiger partial charge in [0.25, 0.3) is 11.6 Å². The first-order valence-electron chi connectivity index (χ1n) is 8.86. The molecule has 0 fully saturated rings. The summed E-state index contributed by atoms with van der Waals surface area (Å²) in [5, 5.41) is 20.4. The SMILES string of the molecule is C[C@@H](NC(=O)c1cccc([N+](=O)[O-])c1)C(=O)NCc1cnn(-c2ccccc2)c1. The first-order chi connectivity index (χ1) is 13.9. The molecule has 0 saturated carbocycles. The molecule has 1 heterocycles. The van der Waals surface area contributed by atoms with Crippen LogP contribution in [-0.4, -0.2) is 32.6 Å². The van der Waals surface area contributed by atoms with Crippen molar-refractivity contribution in [3.8, 4) is 5.69 Å². The van der Waals surface area contributed by atoms with Crippen molar-refractivity contribution in [3.05, 3.63) is 88.2 Å². The minimum atomic E-state index is -0.814. The van der Waals surface area contributed by atoms with Gasteiger partial charge in [-0.05, 0) is 25.1 Å². The molecule has 0 radical (unpaired) electrons. The van der Waals surface area contributed by atoms with Crippen LogP contribution in [0, 0.1) is 10.1 Å². The van der Waals surface area contributed by atoms with Crippen molar-refractivity contribution in [3.63, 3.8) is 0 Å². The predicted molar refractivity (Wildman–Crippen MR) is 105 cm³/mol.